The van der Waals surface area contributed by atoms with Crippen LogP contribution in [0, 0.1) is 18.6 Å². The van der Waals surface area contributed by atoms with Gasteiger partial charge >= 0.3 is 0 Å². The Kier molecular flexibility index (Phi) is 3.56. The van der Waals surface area contributed by atoms with Crippen LogP contribution in [0.3, 0.4) is 0 Å². The Morgan fingerprint density at radius 1 is 1.00 bits per heavy atom. The van der Waals surface area contributed by atoms with E-state index < -0.39 is 11.6 Å². The molecule has 4 aromatic rings. The number of halogens is 2. The third kappa shape index (κ3) is 2.77. The Morgan fingerprint density at radius 2 is 1.76 bits per heavy atom. The van der Waals surface area contributed by atoms with E-state index in [-0.39, 0.29) is 0 Å². The second-order valence-electron chi connectivity index (χ2n) is 5.94. The number of fused-ring (bicyclic) bond motifs is 2. The van der Waals surface area contributed by atoms with Gasteiger partial charge in [-0.25, -0.2) is 18.7 Å². The molecule has 0 aliphatic heterocycles. The summed E-state index contributed by atoms with van der Waals surface area (Å²) in [5, 5.41) is 3.13. The lowest BCUT2D eigenvalue weighted by Crippen LogP contribution is -2.07. The predicted octanol–water partition coefficient (Wildman–Crippen LogP) is 3.72. The Balaban J connectivity index is 1.62. The summed E-state index contributed by atoms with van der Waals surface area (Å²) in [4.78, 5) is 13.0. The molecular formula is C18H15F2N5. The number of aryl methyl sites for hydroxylation is 2. The number of hydrogen-bond acceptors (Lipinski definition) is 4. The molecule has 1 N–H and O–H groups in total. The smallest absolute Gasteiger partial charge is 0.161 e. The maximum Gasteiger partial charge on any atom is 0.161 e. The Bertz CT molecular complexity index is 1100. The van der Waals surface area contributed by atoms with Crippen molar-refractivity contribution >= 4 is 27.9 Å². The number of hydrogen-bond donors (Lipinski definition) is 1. The molecule has 2 aromatic carbocycles. The molecule has 0 amide bonds. The zero-order valence-corrected chi connectivity index (χ0v) is 13.7. The topological polar surface area (TPSA) is 55.6 Å². The predicted molar refractivity (Wildman–Crippen MR) is 92.2 cm³/mol. The molecule has 4 rings (SSSR count). The first-order valence-corrected chi connectivity index (χ1v) is 7.79. The van der Waals surface area contributed by atoms with Gasteiger partial charge in [-0.3, -0.25) is 4.98 Å². The molecule has 0 radical (unpaired) electrons. The SMILES string of the molecule is Cc1ccc2c(c1)nc(CNc1cnc3cc(F)c(F)cc3n1)n2C. The lowest BCUT2D eigenvalue weighted by Gasteiger charge is -2.07. The summed E-state index contributed by atoms with van der Waals surface area (Å²) in [5.41, 5.74) is 3.73. The van der Waals surface area contributed by atoms with Crippen LogP contribution in [-0.2, 0) is 13.6 Å². The Morgan fingerprint density at radius 3 is 2.56 bits per heavy atom. The molecule has 25 heavy (non-hydrogen) atoms. The number of nitrogens with zero attached hydrogens (tertiary/aromatic N) is 4. The molecule has 0 saturated heterocycles. The second-order valence-corrected chi connectivity index (χ2v) is 5.94. The first-order chi connectivity index (χ1) is 12.0. The molecule has 0 unspecified atom stereocenters. The van der Waals surface area contributed by atoms with Gasteiger partial charge in [-0.15, -0.1) is 0 Å². The second kappa shape index (κ2) is 5.77. The lowest BCUT2D eigenvalue weighted by atomic mass is 10.2. The van der Waals surface area contributed by atoms with Gasteiger partial charge in [-0.1, -0.05) is 6.07 Å². The van der Waals surface area contributed by atoms with E-state index in [1.807, 2.05) is 36.7 Å². The summed E-state index contributed by atoms with van der Waals surface area (Å²) in [6.07, 6.45) is 1.49. The fraction of sp³-hybridized carbons (Fsp3) is 0.167. The monoisotopic (exact) mass is 339 g/mol. The number of aromatic nitrogens is 4. The van der Waals surface area contributed by atoms with E-state index >= 15 is 0 Å². The summed E-state index contributed by atoms with van der Waals surface area (Å²) in [5.74, 6) is -0.559. The lowest BCUT2D eigenvalue weighted by molar-refractivity contribution is 0.510. The fourth-order valence-electron chi connectivity index (χ4n) is 2.78. The first kappa shape index (κ1) is 15.4. The van der Waals surface area contributed by atoms with Crippen molar-refractivity contribution < 1.29 is 8.78 Å². The van der Waals surface area contributed by atoms with Crippen LogP contribution >= 0.6 is 0 Å². The molecule has 7 heteroatoms. The molecule has 5 nitrogen and oxygen atoms in total. The summed E-state index contributed by atoms with van der Waals surface area (Å²) in [7, 11) is 1.95. The van der Waals surface area contributed by atoms with Crippen LogP contribution in [0.4, 0.5) is 14.6 Å². The van der Waals surface area contributed by atoms with Gasteiger partial charge in [0.1, 0.15) is 11.6 Å². The van der Waals surface area contributed by atoms with Crippen molar-refractivity contribution in [3.8, 4) is 0 Å². The quantitative estimate of drug-likeness (QED) is 0.618. The molecular weight excluding hydrogens is 324 g/mol. The van der Waals surface area contributed by atoms with E-state index in [0.717, 1.165) is 34.6 Å². The number of imidazole rings is 1. The van der Waals surface area contributed by atoms with Gasteiger partial charge in [0.2, 0.25) is 0 Å². The van der Waals surface area contributed by atoms with Crippen LogP contribution in [0.2, 0.25) is 0 Å². The molecule has 2 heterocycles. The van der Waals surface area contributed by atoms with Crippen LogP contribution in [0.25, 0.3) is 22.1 Å². The van der Waals surface area contributed by atoms with E-state index in [1.165, 1.54) is 6.20 Å². The number of benzene rings is 2. The zero-order chi connectivity index (χ0) is 17.6. The van der Waals surface area contributed by atoms with Gasteiger partial charge in [0.05, 0.1) is 34.8 Å². The Labute approximate surface area is 142 Å². The summed E-state index contributed by atoms with van der Waals surface area (Å²) < 4.78 is 28.6. The van der Waals surface area contributed by atoms with E-state index in [4.69, 9.17) is 0 Å². The molecule has 0 aliphatic carbocycles. The van der Waals surface area contributed by atoms with Crippen LogP contribution < -0.4 is 5.32 Å². The van der Waals surface area contributed by atoms with Crippen molar-refractivity contribution in [1.29, 1.82) is 0 Å². The molecule has 0 fully saturated rings. The number of nitrogens with one attached hydrogen (secondary N) is 1. The minimum absolute atomic E-state index is 0.296. The summed E-state index contributed by atoms with van der Waals surface area (Å²) in [6.45, 7) is 2.47. The molecule has 0 bridgehead atoms. The van der Waals surface area contributed by atoms with E-state index in [9.17, 15) is 8.78 Å². The highest BCUT2D eigenvalue weighted by atomic mass is 19.2. The molecule has 0 saturated carbocycles. The number of anilines is 1. The molecule has 126 valence electrons. The standard InChI is InChI=1S/C18H15F2N5/c1-10-3-4-16-15(5-10)24-18(25(16)2)9-22-17-8-21-13-6-11(19)12(20)7-14(13)23-17/h3-8H,9H2,1-2H3,(H,22,23). The van der Waals surface area contributed by atoms with Crippen molar-refractivity contribution in [3.05, 3.63) is 59.6 Å². The van der Waals surface area contributed by atoms with Gasteiger partial charge in [0.25, 0.3) is 0 Å². The van der Waals surface area contributed by atoms with Crippen molar-refractivity contribution in [2.45, 2.75) is 13.5 Å². The van der Waals surface area contributed by atoms with Crippen molar-refractivity contribution in [1.82, 2.24) is 19.5 Å². The third-order valence-electron chi connectivity index (χ3n) is 4.14. The van der Waals surface area contributed by atoms with Gasteiger partial charge < -0.3 is 9.88 Å². The maximum absolute atomic E-state index is 13.4. The molecule has 0 atom stereocenters. The highest BCUT2D eigenvalue weighted by molar-refractivity contribution is 5.77. The Hall–Kier alpha value is -3.09. The van der Waals surface area contributed by atoms with Crippen LogP contribution in [0.15, 0.2) is 36.5 Å². The largest absolute Gasteiger partial charge is 0.362 e. The first-order valence-electron chi connectivity index (χ1n) is 7.79. The van der Waals surface area contributed by atoms with Crippen molar-refractivity contribution in [2.24, 2.45) is 7.05 Å². The average Bonchev–Trinajstić information content (AvgIpc) is 2.89. The molecule has 2 aromatic heterocycles. The van der Waals surface area contributed by atoms with Crippen LogP contribution in [-0.4, -0.2) is 19.5 Å². The molecule has 0 aliphatic rings. The van der Waals surface area contributed by atoms with Crippen molar-refractivity contribution in [2.75, 3.05) is 5.32 Å². The minimum Gasteiger partial charge on any atom is -0.362 e. The highest BCUT2D eigenvalue weighted by Gasteiger charge is 2.10. The van der Waals surface area contributed by atoms with Crippen molar-refractivity contribution in [3.63, 3.8) is 0 Å². The van der Waals surface area contributed by atoms with Gasteiger partial charge in [-0.2, -0.15) is 0 Å². The van der Waals surface area contributed by atoms with E-state index in [1.54, 1.807) is 0 Å². The normalized spacial score (nSPS) is 11.4. The fourth-order valence-corrected chi connectivity index (χ4v) is 2.78. The summed E-state index contributed by atoms with van der Waals surface area (Å²) >= 11 is 0. The van der Waals surface area contributed by atoms with Gasteiger partial charge in [0.15, 0.2) is 11.6 Å². The maximum atomic E-state index is 13.4. The van der Waals surface area contributed by atoms with Crippen LogP contribution in [0.1, 0.15) is 11.4 Å². The highest BCUT2D eigenvalue weighted by Crippen LogP contribution is 2.19. The minimum atomic E-state index is -0.940. The number of rotatable bonds is 3. The van der Waals surface area contributed by atoms with Gasteiger partial charge in [-0.05, 0) is 24.6 Å². The zero-order valence-electron chi connectivity index (χ0n) is 13.7. The summed E-state index contributed by atoms with van der Waals surface area (Å²) in [6, 6.07) is 8.19. The van der Waals surface area contributed by atoms with E-state index in [0.29, 0.717) is 23.4 Å². The van der Waals surface area contributed by atoms with E-state index in [2.05, 4.69) is 20.3 Å². The van der Waals surface area contributed by atoms with Crippen LogP contribution in [0.5, 0.6) is 0 Å². The van der Waals surface area contributed by atoms with Gasteiger partial charge in [0, 0.05) is 19.2 Å². The average molecular weight is 339 g/mol. The third-order valence-corrected chi connectivity index (χ3v) is 4.14. The molecule has 0 spiro atoms.